The van der Waals surface area contributed by atoms with Gasteiger partial charge >= 0.3 is 0 Å². The van der Waals surface area contributed by atoms with Crippen LogP contribution < -0.4 is 5.73 Å². The summed E-state index contributed by atoms with van der Waals surface area (Å²) in [6, 6.07) is 9.11. The highest BCUT2D eigenvalue weighted by Crippen LogP contribution is 2.23. The van der Waals surface area contributed by atoms with E-state index in [9.17, 15) is 4.79 Å². The average molecular weight is 246 g/mol. The van der Waals surface area contributed by atoms with Crippen molar-refractivity contribution >= 4 is 5.91 Å². The molecular formula is C15H22N2O. The Hall–Kier alpha value is -1.35. The van der Waals surface area contributed by atoms with Gasteiger partial charge in [-0.25, -0.2) is 0 Å². The summed E-state index contributed by atoms with van der Waals surface area (Å²) in [6.07, 6.45) is 3.53. The van der Waals surface area contributed by atoms with Gasteiger partial charge in [-0.15, -0.1) is 0 Å². The Morgan fingerprint density at radius 1 is 1.44 bits per heavy atom. The number of rotatable bonds is 4. The van der Waals surface area contributed by atoms with Crippen molar-refractivity contribution in [1.29, 1.82) is 0 Å². The molecule has 1 saturated heterocycles. The molecule has 0 saturated carbocycles. The first kappa shape index (κ1) is 13.1. The van der Waals surface area contributed by atoms with Crippen molar-refractivity contribution in [1.82, 2.24) is 4.90 Å². The average Bonchev–Trinajstić information content (AvgIpc) is 2.87. The zero-order chi connectivity index (χ0) is 13.0. The summed E-state index contributed by atoms with van der Waals surface area (Å²) < 4.78 is 0. The summed E-state index contributed by atoms with van der Waals surface area (Å²) in [5.74, 6) is 0.738. The minimum absolute atomic E-state index is 0.0693. The zero-order valence-electron chi connectivity index (χ0n) is 11.0. The monoisotopic (exact) mass is 246 g/mol. The molecule has 1 aromatic carbocycles. The molecule has 18 heavy (non-hydrogen) atoms. The third-order valence-electron chi connectivity index (χ3n) is 3.72. The fourth-order valence-corrected chi connectivity index (χ4v) is 2.68. The Balaban J connectivity index is 1.96. The maximum atomic E-state index is 12.3. The smallest absolute Gasteiger partial charge is 0.244 e. The molecule has 98 valence electrons. The van der Waals surface area contributed by atoms with Gasteiger partial charge in [0.15, 0.2) is 0 Å². The summed E-state index contributed by atoms with van der Waals surface area (Å²) in [5.41, 5.74) is 6.95. The first-order valence-corrected chi connectivity index (χ1v) is 6.81. The van der Waals surface area contributed by atoms with E-state index in [0.717, 1.165) is 25.1 Å². The van der Waals surface area contributed by atoms with Crippen molar-refractivity contribution < 1.29 is 4.79 Å². The normalized spacial score (nSPS) is 21.0. The van der Waals surface area contributed by atoms with Crippen LogP contribution in [0.2, 0.25) is 0 Å². The van der Waals surface area contributed by atoms with Gasteiger partial charge in [-0.1, -0.05) is 43.7 Å². The first-order valence-electron chi connectivity index (χ1n) is 6.81. The second kappa shape index (κ2) is 6.01. The van der Waals surface area contributed by atoms with Gasteiger partial charge in [0.2, 0.25) is 5.91 Å². The third-order valence-corrected chi connectivity index (χ3v) is 3.72. The van der Waals surface area contributed by atoms with Crippen molar-refractivity contribution in [3.8, 4) is 0 Å². The van der Waals surface area contributed by atoms with Gasteiger partial charge in [-0.05, 0) is 24.3 Å². The van der Waals surface area contributed by atoms with Crippen LogP contribution in [0.3, 0.4) is 0 Å². The molecule has 1 fully saturated rings. The van der Waals surface area contributed by atoms with Crippen LogP contribution in [-0.2, 0) is 4.79 Å². The highest BCUT2D eigenvalue weighted by atomic mass is 16.2. The maximum absolute atomic E-state index is 12.3. The van der Waals surface area contributed by atoms with E-state index in [1.807, 2.05) is 35.2 Å². The lowest BCUT2D eigenvalue weighted by molar-refractivity contribution is -0.131. The van der Waals surface area contributed by atoms with E-state index in [4.69, 9.17) is 5.73 Å². The molecule has 1 aliphatic heterocycles. The Morgan fingerprint density at radius 3 is 2.83 bits per heavy atom. The van der Waals surface area contributed by atoms with E-state index in [1.54, 1.807) is 0 Å². The van der Waals surface area contributed by atoms with Gasteiger partial charge in [-0.2, -0.15) is 0 Å². The molecule has 3 heteroatoms. The van der Waals surface area contributed by atoms with Crippen molar-refractivity contribution in [3.05, 3.63) is 35.9 Å². The SMILES string of the molecule is CCCC1CCN(C(=O)[C@@H](N)c2ccccc2)C1. The molecule has 1 unspecified atom stereocenters. The summed E-state index contributed by atoms with van der Waals surface area (Å²) in [6.45, 7) is 3.94. The molecular weight excluding hydrogens is 224 g/mol. The molecule has 1 heterocycles. The predicted octanol–water partition coefficient (Wildman–Crippen LogP) is 2.34. The highest BCUT2D eigenvalue weighted by molar-refractivity contribution is 5.83. The molecule has 2 atom stereocenters. The molecule has 2 N–H and O–H groups in total. The van der Waals surface area contributed by atoms with Crippen molar-refractivity contribution in [2.75, 3.05) is 13.1 Å². The lowest BCUT2D eigenvalue weighted by Crippen LogP contribution is -2.37. The van der Waals surface area contributed by atoms with Crippen LogP contribution in [0.1, 0.15) is 37.8 Å². The van der Waals surface area contributed by atoms with Gasteiger partial charge in [0, 0.05) is 13.1 Å². The summed E-state index contributed by atoms with van der Waals surface area (Å²) in [5, 5.41) is 0. The van der Waals surface area contributed by atoms with E-state index in [2.05, 4.69) is 6.92 Å². The van der Waals surface area contributed by atoms with Gasteiger partial charge in [0.1, 0.15) is 6.04 Å². The van der Waals surface area contributed by atoms with Crippen molar-refractivity contribution in [2.45, 2.75) is 32.2 Å². The summed E-state index contributed by atoms with van der Waals surface area (Å²) >= 11 is 0. The number of carbonyl (C=O) groups is 1. The van der Waals surface area contributed by atoms with Crippen LogP contribution in [0.15, 0.2) is 30.3 Å². The topological polar surface area (TPSA) is 46.3 Å². The largest absolute Gasteiger partial charge is 0.341 e. The van der Waals surface area contributed by atoms with E-state index in [0.29, 0.717) is 5.92 Å². The predicted molar refractivity (Wildman–Crippen MR) is 73.0 cm³/mol. The van der Waals surface area contributed by atoms with Crippen LogP contribution in [0.25, 0.3) is 0 Å². The van der Waals surface area contributed by atoms with E-state index < -0.39 is 6.04 Å². The van der Waals surface area contributed by atoms with Crippen LogP contribution in [-0.4, -0.2) is 23.9 Å². The molecule has 0 spiro atoms. The zero-order valence-corrected chi connectivity index (χ0v) is 11.0. The van der Waals surface area contributed by atoms with Gasteiger partial charge in [0.25, 0.3) is 0 Å². The molecule has 1 amide bonds. The maximum Gasteiger partial charge on any atom is 0.244 e. The molecule has 0 bridgehead atoms. The summed E-state index contributed by atoms with van der Waals surface area (Å²) in [7, 11) is 0. The number of nitrogens with zero attached hydrogens (tertiary/aromatic N) is 1. The number of likely N-dealkylation sites (tertiary alicyclic amines) is 1. The third kappa shape index (κ3) is 2.91. The standard InChI is InChI=1S/C15H22N2O/c1-2-6-12-9-10-17(11-12)15(18)14(16)13-7-4-3-5-8-13/h3-5,7-8,12,14H,2,6,9-11,16H2,1H3/t12?,14-/m0/s1. The van der Waals surface area contributed by atoms with Crippen LogP contribution in [0.5, 0.6) is 0 Å². The molecule has 1 aromatic rings. The van der Waals surface area contributed by atoms with Gasteiger partial charge < -0.3 is 10.6 Å². The highest BCUT2D eigenvalue weighted by Gasteiger charge is 2.29. The Labute approximate surface area is 109 Å². The molecule has 0 aromatic heterocycles. The first-order chi connectivity index (χ1) is 8.72. The second-order valence-electron chi connectivity index (χ2n) is 5.12. The lowest BCUT2D eigenvalue weighted by Gasteiger charge is -2.21. The van der Waals surface area contributed by atoms with E-state index >= 15 is 0 Å². The number of hydrogen-bond donors (Lipinski definition) is 1. The van der Waals surface area contributed by atoms with Gasteiger partial charge in [-0.3, -0.25) is 4.79 Å². The molecule has 1 aliphatic rings. The number of carbonyl (C=O) groups excluding carboxylic acids is 1. The molecule has 0 aliphatic carbocycles. The molecule has 2 rings (SSSR count). The second-order valence-corrected chi connectivity index (χ2v) is 5.12. The van der Waals surface area contributed by atoms with E-state index in [1.165, 1.54) is 12.8 Å². The fourth-order valence-electron chi connectivity index (χ4n) is 2.68. The molecule has 0 radical (unpaired) electrons. The fraction of sp³-hybridized carbons (Fsp3) is 0.533. The van der Waals surface area contributed by atoms with Crippen LogP contribution >= 0.6 is 0 Å². The minimum atomic E-state index is -0.508. The quantitative estimate of drug-likeness (QED) is 0.886. The van der Waals surface area contributed by atoms with Crippen LogP contribution in [0, 0.1) is 5.92 Å². The van der Waals surface area contributed by atoms with Gasteiger partial charge in [0.05, 0.1) is 0 Å². The Kier molecular flexibility index (Phi) is 4.37. The summed E-state index contributed by atoms with van der Waals surface area (Å²) in [4.78, 5) is 14.2. The van der Waals surface area contributed by atoms with Crippen molar-refractivity contribution in [3.63, 3.8) is 0 Å². The number of benzene rings is 1. The lowest BCUT2D eigenvalue weighted by atomic mass is 10.0. The van der Waals surface area contributed by atoms with Crippen molar-refractivity contribution in [2.24, 2.45) is 11.7 Å². The number of hydrogen-bond acceptors (Lipinski definition) is 2. The number of nitrogens with two attached hydrogens (primary N) is 1. The van der Waals surface area contributed by atoms with E-state index in [-0.39, 0.29) is 5.91 Å². The minimum Gasteiger partial charge on any atom is -0.341 e. The Morgan fingerprint density at radius 2 is 2.17 bits per heavy atom. The molecule has 3 nitrogen and oxygen atoms in total. The number of amides is 1. The Bertz CT molecular complexity index is 391. The van der Waals surface area contributed by atoms with Crippen LogP contribution in [0.4, 0.5) is 0 Å².